The first-order valence-electron chi connectivity index (χ1n) is 7.11. The molecule has 5 nitrogen and oxygen atoms in total. The molecule has 0 aromatic carbocycles. The molecule has 1 saturated heterocycles. The van der Waals surface area contributed by atoms with Crippen LogP contribution in [0.4, 0.5) is 5.82 Å². The topological polar surface area (TPSA) is 62.3 Å². The molecule has 5 heteroatoms. The van der Waals surface area contributed by atoms with E-state index in [1.54, 1.807) is 6.20 Å². The number of imide groups is 1. The van der Waals surface area contributed by atoms with Gasteiger partial charge in [-0.05, 0) is 37.5 Å². The number of nitrogens with zero attached hydrogens (tertiary/aromatic N) is 2. The summed E-state index contributed by atoms with van der Waals surface area (Å²) in [6, 6.07) is 3.28. The van der Waals surface area contributed by atoms with Gasteiger partial charge in [-0.1, -0.05) is 13.8 Å². The van der Waals surface area contributed by atoms with E-state index in [1.807, 2.05) is 32.9 Å². The van der Waals surface area contributed by atoms with Crippen molar-refractivity contribution in [3.05, 3.63) is 23.9 Å². The van der Waals surface area contributed by atoms with Crippen molar-refractivity contribution in [3.63, 3.8) is 0 Å². The van der Waals surface area contributed by atoms with Gasteiger partial charge < -0.3 is 5.32 Å². The Morgan fingerprint density at radius 1 is 1.40 bits per heavy atom. The molecule has 108 valence electrons. The zero-order chi connectivity index (χ0) is 14.7. The number of rotatable bonds is 5. The fraction of sp³-hybridized carbons (Fsp3) is 0.533. The van der Waals surface area contributed by atoms with Crippen LogP contribution in [0.15, 0.2) is 18.3 Å². The molecule has 20 heavy (non-hydrogen) atoms. The van der Waals surface area contributed by atoms with E-state index >= 15 is 0 Å². The number of anilines is 1. The molecule has 1 atom stereocenters. The van der Waals surface area contributed by atoms with Crippen molar-refractivity contribution in [3.8, 4) is 0 Å². The van der Waals surface area contributed by atoms with Crippen LogP contribution in [0.2, 0.25) is 0 Å². The summed E-state index contributed by atoms with van der Waals surface area (Å²) in [5.41, 5.74) is 1.07. The number of hydrogen-bond acceptors (Lipinski definition) is 4. The van der Waals surface area contributed by atoms with Crippen LogP contribution < -0.4 is 5.32 Å². The van der Waals surface area contributed by atoms with E-state index in [-0.39, 0.29) is 24.3 Å². The molecule has 1 aromatic rings. The lowest BCUT2D eigenvalue weighted by atomic mass is 10.1. The number of carbonyl (C=O) groups is 2. The predicted molar refractivity (Wildman–Crippen MR) is 77.2 cm³/mol. The average Bonchev–Trinajstić information content (AvgIpc) is 2.68. The molecule has 0 saturated carbocycles. The molecule has 2 amide bonds. The largest absolute Gasteiger partial charge is 0.358 e. The Bertz CT molecular complexity index is 512. The number of hydrogen-bond donors (Lipinski definition) is 1. The number of nitrogens with one attached hydrogen (secondary N) is 1. The number of likely N-dealkylation sites (tertiary alicyclic amines) is 1. The summed E-state index contributed by atoms with van der Waals surface area (Å²) in [5.74, 6) is 0.420. The van der Waals surface area contributed by atoms with E-state index < -0.39 is 6.04 Å². The standard InChI is InChI=1S/C15H21N3O2/c1-4-11(5-2)18-14(19)9-12(15(18)20)17-13-8-10(3)6-7-16-13/h6-8,11-12H,4-5,9H2,1-3H3,(H,16,17). The molecule has 0 spiro atoms. The number of amides is 2. The van der Waals surface area contributed by atoms with Crippen molar-refractivity contribution >= 4 is 17.6 Å². The highest BCUT2D eigenvalue weighted by Gasteiger charge is 2.41. The zero-order valence-electron chi connectivity index (χ0n) is 12.2. The predicted octanol–water partition coefficient (Wildman–Crippen LogP) is 2.12. The van der Waals surface area contributed by atoms with Crippen LogP contribution in [0.1, 0.15) is 38.7 Å². The Morgan fingerprint density at radius 3 is 2.70 bits per heavy atom. The van der Waals surface area contributed by atoms with Gasteiger partial charge in [-0.3, -0.25) is 14.5 Å². The average molecular weight is 275 g/mol. The minimum Gasteiger partial charge on any atom is -0.358 e. The van der Waals surface area contributed by atoms with Gasteiger partial charge in [0.15, 0.2) is 0 Å². The van der Waals surface area contributed by atoms with Crippen LogP contribution in [0.3, 0.4) is 0 Å². The van der Waals surface area contributed by atoms with Crippen molar-refractivity contribution in [2.24, 2.45) is 0 Å². The third kappa shape index (κ3) is 2.81. The summed E-state index contributed by atoms with van der Waals surface area (Å²) < 4.78 is 0. The molecule has 1 aliphatic rings. The van der Waals surface area contributed by atoms with Gasteiger partial charge in [0, 0.05) is 12.2 Å². The molecular formula is C15H21N3O2. The first kappa shape index (κ1) is 14.5. The third-order valence-corrected chi connectivity index (χ3v) is 3.73. The van der Waals surface area contributed by atoms with E-state index in [0.717, 1.165) is 18.4 Å². The Labute approximate surface area is 119 Å². The van der Waals surface area contributed by atoms with Gasteiger partial charge in [0.2, 0.25) is 5.91 Å². The molecule has 0 bridgehead atoms. The second-order valence-electron chi connectivity index (χ2n) is 5.19. The summed E-state index contributed by atoms with van der Waals surface area (Å²) in [7, 11) is 0. The van der Waals surface area contributed by atoms with E-state index in [0.29, 0.717) is 5.82 Å². The minimum atomic E-state index is -0.489. The van der Waals surface area contributed by atoms with Crippen LogP contribution in [0.5, 0.6) is 0 Å². The normalized spacial score (nSPS) is 19.0. The molecule has 0 radical (unpaired) electrons. The summed E-state index contributed by atoms with van der Waals surface area (Å²) >= 11 is 0. The van der Waals surface area contributed by atoms with Crippen LogP contribution >= 0.6 is 0 Å². The van der Waals surface area contributed by atoms with Gasteiger partial charge in [0.1, 0.15) is 11.9 Å². The number of carbonyl (C=O) groups excluding carboxylic acids is 2. The van der Waals surface area contributed by atoms with Crippen LogP contribution in [-0.2, 0) is 9.59 Å². The first-order valence-corrected chi connectivity index (χ1v) is 7.11. The first-order chi connectivity index (χ1) is 9.56. The van der Waals surface area contributed by atoms with E-state index in [1.165, 1.54) is 4.90 Å². The van der Waals surface area contributed by atoms with Gasteiger partial charge in [-0.15, -0.1) is 0 Å². The Kier molecular flexibility index (Phi) is 4.37. The van der Waals surface area contributed by atoms with Gasteiger partial charge in [0.25, 0.3) is 5.91 Å². The second kappa shape index (κ2) is 6.03. The monoisotopic (exact) mass is 275 g/mol. The maximum Gasteiger partial charge on any atom is 0.252 e. The van der Waals surface area contributed by atoms with Crippen LogP contribution in [0, 0.1) is 6.92 Å². The number of aromatic nitrogens is 1. The van der Waals surface area contributed by atoms with E-state index in [2.05, 4.69) is 10.3 Å². The molecular weight excluding hydrogens is 254 g/mol. The van der Waals surface area contributed by atoms with Crippen molar-refractivity contribution in [2.75, 3.05) is 5.32 Å². The Balaban J connectivity index is 2.12. The lowest BCUT2D eigenvalue weighted by Gasteiger charge is -2.24. The Hall–Kier alpha value is -1.91. The van der Waals surface area contributed by atoms with Crippen LogP contribution in [0.25, 0.3) is 0 Å². The second-order valence-corrected chi connectivity index (χ2v) is 5.19. The summed E-state index contributed by atoms with van der Waals surface area (Å²) in [5, 5.41) is 3.07. The lowest BCUT2D eigenvalue weighted by Crippen LogP contribution is -2.41. The van der Waals surface area contributed by atoms with Crippen molar-refractivity contribution < 1.29 is 9.59 Å². The molecule has 1 unspecified atom stereocenters. The summed E-state index contributed by atoms with van der Waals surface area (Å²) in [6.07, 6.45) is 3.50. The highest BCUT2D eigenvalue weighted by Crippen LogP contribution is 2.22. The molecule has 1 fully saturated rings. The highest BCUT2D eigenvalue weighted by molar-refractivity contribution is 6.07. The lowest BCUT2D eigenvalue weighted by molar-refractivity contribution is -0.141. The summed E-state index contributed by atoms with van der Waals surface area (Å²) in [6.45, 7) is 5.96. The maximum absolute atomic E-state index is 12.4. The fourth-order valence-electron chi connectivity index (χ4n) is 2.59. The zero-order valence-corrected chi connectivity index (χ0v) is 12.2. The highest BCUT2D eigenvalue weighted by atomic mass is 16.2. The van der Waals surface area contributed by atoms with Crippen molar-refractivity contribution in [2.45, 2.75) is 52.1 Å². The van der Waals surface area contributed by atoms with Crippen molar-refractivity contribution in [1.82, 2.24) is 9.88 Å². The molecule has 1 aromatic heterocycles. The molecule has 1 N–H and O–H groups in total. The van der Waals surface area contributed by atoms with E-state index in [4.69, 9.17) is 0 Å². The van der Waals surface area contributed by atoms with Gasteiger partial charge in [-0.2, -0.15) is 0 Å². The molecule has 2 heterocycles. The van der Waals surface area contributed by atoms with Gasteiger partial charge >= 0.3 is 0 Å². The fourth-order valence-corrected chi connectivity index (χ4v) is 2.59. The SMILES string of the molecule is CCC(CC)N1C(=O)CC(Nc2cc(C)ccn2)C1=O. The third-order valence-electron chi connectivity index (χ3n) is 3.73. The van der Waals surface area contributed by atoms with Gasteiger partial charge in [0.05, 0.1) is 6.42 Å². The molecule has 1 aliphatic heterocycles. The Morgan fingerprint density at radius 2 is 2.10 bits per heavy atom. The van der Waals surface area contributed by atoms with Crippen LogP contribution in [-0.4, -0.2) is 33.8 Å². The number of pyridine rings is 1. The quantitative estimate of drug-likeness (QED) is 0.836. The van der Waals surface area contributed by atoms with Crippen molar-refractivity contribution in [1.29, 1.82) is 0 Å². The molecule has 2 rings (SSSR count). The maximum atomic E-state index is 12.4. The van der Waals surface area contributed by atoms with Gasteiger partial charge in [-0.25, -0.2) is 4.98 Å². The number of aryl methyl sites for hydroxylation is 1. The smallest absolute Gasteiger partial charge is 0.252 e. The molecule has 0 aliphatic carbocycles. The van der Waals surface area contributed by atoms with E-state index in [9.17, 15) is 9.59 Å². The minimum absolute atomic E-state index is 0.00673. The summed E-state index contributed by atoms with van der Waals surface area (Å²) in [4.78, 5) is 30.0.